The fourth-order valence-electron chi connectivity index (χ4n) is 3.60. The van der Waals surface area contributed by atoms with Crippen LogP contribution in [-0.4, -0.2) is 37.5 Å². The monoisotopic (exact) mass is 360 g/mol. The highest BCUT2D eigenvalue weighted by Crippen LogP contribution is 2.31. The topological polar surface area (TPSA) is 79.2 Å². The van der Waals surface area contributed by atoms with Gasteiger partial charge in [-0.3, -0.25) is 9.88 Å². The van der Waals surface area contributed by atoms with Gasteiger partial charge in [-0.15, -0.1) is 0 Å². The van der Waals surface area contributed by atoms with Crippen molar-refractivity contribution in [3.8, 4) is 11.1 Å². The third-order valence-corrected chi connectivity index (χ3v) is 4.91. The average Bonchev–Trinajstić information content (AvgIpc) is 3.17. The Balaban J connectivity index is 1.53. The lowest BCUT2D eigenvalue weighted by molar-refractivity contribution is 0.0697. The zero-order valence-electron chi connectivity index (χ0n) is 14.8. The number of carbonyl (C=O) groups is 1. The summed E-state index contributed by atoms with van der Waals surface area (Å²) in [5.41, 5.74) is 2.68. The standard InChI is InChI=1S/C21H20N4O2/c26-21(27)17-7-2-1-6-16(17)15-12-23-20(24-13-15)14-25-11-5-9-19(25)18-8-3-4-10-22-18/h1-4,6-8,10,12-13,19H,5,9,11,14H2,(H,26,27)/t19-/m1/s1. The van der Waals surface area contributed by atoms with Crippen molar-refractivity contribution in [2.24, 2.45) is 0 Å². The molecule has 6 heteroatoms. The van der Waals surface area contributed by atoms with Crippen LogP contribution < -0.4 is 0 Å². The fraction of sp³-hybridized carbons (Fsp3) is 0.238. The molecule has 3 aromatic rings. The van der Waals surface area contributed by atoms with Crippen LogP contribution in [0.25, 0.3) is 11.1 Å². The first-order valence-corrected chi connectivity index (χ1v) is 9.01. The van der Waals surface area contributed by atoms with E-state index in [9.17, 15) is 9.90 Å². The third kappa shape index (κ3) is 3.71. The van der Waals surface area contributed by atoms with Gasteiger partial charge < -0.3 is 5.11 Å². The molecule has 0 radical (unpaired) electrons. The quantitative estimate of drug-likeness (QED) is 0.749. The van der Waals surface area contributed by atoms with Gasteiger partial charge in [0.1, 0.15) is 5.82 Å². The van der Waals surface area contributed by atoms with Crippen LogP contribution in [0.2, 0.25) is 0 Å². The predicted molar refractivity (Wildman–Crippen MR) is 101 cm³/mol. The van der Waals surface area contributed by atoms with Crippen LogP contribution in [-0.2, 0) is 6.54 Å². The van der Waals surface area contributed by atoms with Crippen LogP contribution in [0.1, 0.15) is 40.8 Å². The zero-order valence-corrected chi connectivity index (χ0v) is 14.8. The van der Waals surface area contributed by atoms with Crippen LogP contribution in [0.5, 0.6) is 0 Å². The molecule has 1 aliphatic rings. The van der Waals surface area contributed by atoms with E-state index in [1.54, 1.807) is 30.6 Å². The molecule has 1 N–H and O–H groups in total. The van der Waals surface area contributed by atoms with Crippen molar-refractivity contribution in [3.05, 3.63) is 78.1 Å². The van der Waals surface area contributed by atoms with Gasteiger partial charge in [0, 0.05) is 24.2 Å². The number of aromatic nitrogens is 3. The fourth-order valence-corrected chi connectivity index (χ4v) is 3.60. The lowest BCUT2D eigenvalue weighted by atomic mass is 10.0. The minimum absolute atomic E-state index is 0.253. The summed E-state index contributed by atoms with van der Waals surface area (Å²) >= 11 is 0. The number of benzene rings is 1. The number of likely N-dealkylation sites (tertiary alicyclic amines) is 1. The molecule has 0 aliphatic carbocycles. The van der Waals surface area contributed by atoms with Crippen molar-refractivity contribution in [1.82, 2.24) is 19.9 Å². The van der Waals surface area contributed by atoms with Crippen LogP contribution in [0.3, 0.4) is 0 Å². The molecule has 27 heavy (non-hydrogen) atoms. The Hall–Kier alpha value is -3.12. The maximum absolute atomic E-state index is 11.4. The van der Waals surface area contributed by atoms with E-state index in [0.717, 1.165) is 30.9 Å². The van der Waals surface area contributed by atoms with E-state index in [1.165, 1.54) is 0 Å². The Labute approximate surface area is 157 Å². The summed E-state index contributed by atoms with van der Waals surface area (Å²) in [5, 5.41) is 9.36. The lowest BCUT2D eigenvalue weighted by Crippen LogP contribution is -2.24. The highest BCUT2D eigenvalue weighted by molar-refractivity contribution is 5.95. The Bertz CT molecular complexity index is 928. The molecule has 6 nitrogen and oxygen atoms in total. The van der Waals surface area contributed by atoms with Crippen molar-refractivity contribution in [3.63, 3.8) is 0 Å². The molecule has 3 heterocycles. The van der Waals surface area contributed by atoms with Gasteiger partial charge in [-0.05, 0) is 43.1 Å². The molecule has 0 unspecified atom stereocenters. The Morgan fingerprint density at radius 3 is 2.59 bits per heavy atom. The molecule has 1 fully saturated rings. The molecule has 0 spiro atoms. The molecular weight excluding hydrogens is 340 g/mol. The van der Waals surface area contributed by atoms with Gasteiger partial charge in [0.2, 0.25) is 0 Å². The van der Waals surface area contributed by atoms with Crippen molar-refractivity contribution in [2.75, 3.05) is 6.54 Å². The van der Waals surface area contributed by atoms with Crippen LogP contribution in [0, 0.1) is 0 Å². The summed E-state index contributed by atoms with van der Waals surface area (Å²) in [4.78, 5) is 27.2. The normalized spacial score (nSPS) is 17.1. The first kappa shape index (κ1) is 17.3. The highest BCUT2D eigenvalue weighted by Gasteiger charge is 2.27. The molecule has 1 aliphatic heterocycles. The molecule has 0 saturated carbocycles. The van der Waals surface area contributed by atoms with E-state index in [-0.39, 0.29) is 5.56 Å². The van der Waals surface area contributed by atoms with Gasteiger partial charge in [-0.2, -0.15) is 0 Å². The number of pyridine rings is 1. The molecule has 1 atom stereocenters. The van der Waals surface area contributed by atoms with Gasteiger partial charge in [0.25, 0.3) is 0 Å². The smallest absolute Gasteiger partial charge is 0.336 e. The lowest BCUT2D eigenvalue weighted by Gasteiger charge is -2.23. The van der Waals surface area contributed by atoms with Gasteiger partial charge in [-0.25, -0.2) is 14.8 Å². The van der Waals surface area contributed by atoms with Gasteiger partial charge >= 0.3 is 5.97 Å². The van der Waals surface area contributed by atoms with E-state index in [4.69, 9.17) is 0 Å². The SMILES string of the molecule is O=C(O)c1ccccc1-c1cnc(CN2CCC[C@@H]2c2ccccn2)nc1. The molecule has 1 saturated heterocycles. The number of carboxylic acids is 1. The number of rotatable bonds is 5. The minimum atomic E-state index is -0.954. The average molecular weight is 360 g/mol. The van der Waals surface area contributed by atoms with Gasteiger partial charge in [0.05, 0.1) is 23.8 Å². The second kappa shape index (κ2) is 7.63. The highest BCUT2D eigenvalue weighted by atomic mass is 16.4. The van der Waals surface area contributed by atoms with E-state index >= 15 is 0 Å². The number of carboxylic acid groups (broad SMARTS) is 1. The Morgan fingerprint density at radius 1 is 1.07 bits per heavy atom. The van der Waals surface area contributed by atoms with Crippen LogP contribution in [0.15, 0.2) is 61.1 Å². The zero-order chi connectivity index (χ0) is 18.6. The van der Waals surface area contributed by atoms with E-state index in [0.29, 0.717) is 23.7 Å². The summed E-state index contributed by atoms with van der Waals surface area (Å²) in [6.45, 7) is 1.65. The van der Waals surface area contributed by atoms with Crippen LogP contribution in [0.4, 0.5) is 0 Å². The molecule has 0 amide bonds. The van der Waals surface area contributed by atoms with Crippen molar-refractivity contribution in [2.45, 2.75) is 25.4 Å². The largest absolute Gasteiger partial charge is 0.478 e. The van der Waals surface area contributed by atoms with E-state index < -0.39 is 5.97 Å². The van der Waals surface area contributed by atoms with Crippen molar-refractivity contribution in [1.29, 1.82) is 0 Å². The Morgan fingerprint density at radius 2 is 1.85 bits per heavy atom. The molecular formula is C21H20N4O2. The number of aromatic carboxylic acids is 1. The van der Waals surface area contributed by atoms with E-state index in [2.05, 4.69) is 25.9 Å². The van der Waals surface area contributed by atoms with Crippen LogP contribution >= 0.6 is 0 Å². The predicted octanol–water partition coefficient (Wildman–Crippen LogP) is 3.57. The van der Waals surface area contributed by atoms with Gasteiger partial charge in [-0.1, -0.05) is 24.3 Å². The summed E-state index contributed by atoms with van der Waals surface area (Å²) < 4.78 is 0. The number of hydrogen-bond donors (Lipinski definition) is 1. The summed E-state index contributed by atoms with van der Waals surface area (Å²) in [5.74, 6) is -0.223. The second-order valence-corrected chi connectivity index (χ2v) is 6.62. The molecule has 2 aromatic heterocycles. The number of hydrogen-bond acceptors (Lipinski definition) is 5. The van der Waals surface area contributed by atoms with Crippen molar-refractivity contribution < 1.29 is 9.90 Å². The maximum Gasteiger partial charge on any atom is 0.336 e. The molecule has 136 valence electrons. The molecule has 0 bridgehead atoms. The third-order valence-electron chi connectivity index (χ3n) is 4.91. The first-order chi connectivity index (χ1) is 13.2. The van der Waals surface area contributed by atoms with Gasteiger partial charge in [0.15, 0.2) is 0 Å². The minimum Gasteiger partial charge on any atom is -0.478 e. The molecule has 1 aromatic carbocycles. The summed E-state index contributed by atoms with van der Waals surface area (Å²) in [7, 11) is 0. The van der Waals surface area contributed by atoms with Crippen molar-refractivity contribution >= 4 is 5.97 Å². The maximum atomic E-state index is 11.4. The first-order valence-electron chi connectivity index (χ1n) is 9.01. The second-order valence-electron chi connectivity index (χ2n) is 6.62. The Kier molecular flexibility index (Phi) is 4.89. The summed E-state index contributed by atoms with van der Waals surface area (Å²) in [6.07, 6.45) is 7.45. The van der Waals surface area contributed by atoms with E-state index in [1.807, 2.05) is 24.4 Å². The molecule has 4 rings (SSSR count). The number of nitrogens with zero attached hydrogens (tertiary/aromatic N) is 4. The summed E-state index contributed by atoms with van der Waals surface area (Å²) in [6, 6.07) is 13.2.